The molecule has 0 heterocycles. The van der Waals surface area contributed by atoms with Crippen LogP contribution in [-0.2, 0) is 21.1 Å². The maximum atomic E-state index is 12.5. The summed E-state index contributed by atoms with van der Waals surface area (Å²) in [7, 11) is -1.13. The fourth-order valence-corrected chi connectivity index (χ4v) is 3.00. The Morgan fingerprint density at radius 3 is 2.12 bits per heavy atom. The molecule has 0 aliphatic rings. The third-order valence-corrected chi connectivity index (χ3v) is 4.87. The van der Waals surface area contributed by atoms with Gasteiger partial charge in [-0.1, -0.05) is 37.3 Å². The van der Waals surface area contributed by atoms with Gasteiger partial charge in [0.1, 0.15) is 0 Å². The SMILES string of the molecule is CCC(NC(=O)c1ccc(S(C)=O)cc1)(C(=O)O)c1ccccc1. The molecular weight excluding hydrogens is 326 g/mol. The van der Waals surface area contributed by atoms with Crippen LogP contribution in [0.2, 0.25) is 0 Å². The highest BCUT2D eigenvalue weighted by molar-refractivity contribution is 7.84. The van der Waals surface area contributed by atoms with E-state index in [1.807, 2.05) is 0 Å². The Kier molecular flexibility index (Phi) is 5.51. The van der Waals surface area contributed by atoms with E-state index in [4.69, 9.17) is 0 Å². The van der Waals surface area contributed by atoms with Crippen LogP contribution in [0.5, 0.6) is 0 Å². The maximum absolute atomic E-state index is 12.5. The van der Waals surface area contributed by atoms with E-state index in [2.05, 4.69) is 5.32 Å². The number of carboxylic acids is 1. The van der Waals surface area contributed by atoms with Crippen molar-refractivity contribution < 1.29 is 18.9 Å². The molecule has 0 radical (unpaired) electrons. The molecule has 126 valence electrons. The molecule has 2 unspecified atom stereocenters. The molecule has 5 nitrogen and oxygen atoms in total. The summed E-state index contributed by atoms with van der Waals surface area (Å²) < 4.78 is 11.4. The molecule has 0 aromatic heterocycles. The molecular formula is C18H19NO4S. The van der Waals surface area contributed by atoms with Gasteiger partial charge in [0.2, 0.25) is 0 Å². The Balaban J connectivity index is 2.34. The van der Waals surface area contributed by atoms with Crippen molar-refractivity contribution in [3.05, 3.63) is 65.7 Å². The molecule has 24 heavy (non-hydrogen) atoms. The minimum Gasteiger partial charge on any atom is -0.479 e. The van der Waals surface area contributed by atoms with Crippen molar-refractivity contribution in [1.29, 1.82) is 0 Å². The Bertz CT molecular complexity index is 758. The molecule has 0 aliphatic carbocycles. The average molecular weight is 345 g/mol. The summed E-state index contributed by atoms with van der Waals surface area (Å²) in [5.74, 6) is -1.60. The van der Waals surface area contributed by atoms with Gasteiger partial charge in [-0.2, -0.15) is 0 Å². The lowest BCUT2D eigenvalue weighted by Crippen LogP contribution is -2.51. The van der Waals surface area contributed by atoms with Crippen LogP contribution in [0.15, 0.2) is 59.5 Å². The van der Waals surface area contributed by atoms with E-state index >= 15 is 0 Å². The number of aliphatic carboxylic acids is 1. The summed E-state index contributed by atoms with van der Waals surface area (Å²) in [5.41, 5.74) is -0.663. The van der Waals surface area contributed by atoms with Gasteiger partial charge in [-0.25, -0.2) is 4.79 Å². The topological polar surface area (TPSA) is 83.5 Å². The monoisotopic (exact) mass is 345 g/mol. The lowest BCUT2D eigenvalue weighted by Gasteiger charge is -2.30. The summed E-state index contributed by atoms with van der Waals surface area (Å²) in [6.07, 6.45) is 1.76. The van der Waals surface area contributed by atoms with Crippen molar-refractivity contribution in [2.75, 3.05) is 6.26 Å². The van der Waals surface area contributed by atoms with Crippen LogP contribution in [0.1, 0.15) is 29.3 Å². The van der Waals surface area contributed by atoms with Crippen molar-refractivity contribution >= 4 is 22.7 Å². The Labute approximate surface area is 143 Å². The van der Waals surface area contributed by atoms with Crippen LogP contribution in [0.4, 0.5) is 0 Å². The number of benzene rings is 2. The zero-order valence-electron chi connectivity index (χ0n) is 13.5. The van der Waals surface area contributed by atoms with E-state index in [9.17, 15) is 18.9 Å². The van der Waals surface area contributed by atoms with Gasteiger partial charge in [-0.3, -0.25) is 9.00 Å². The lowest BCUT2D eigenvalue weighted by molar-refractivity contribution is -0.145. The molecule has 2 atom stereocenters. The third kappa shape index (κ3) is 3.54. The van der Waals surface area contributed by atoms with Crippen molar-refractivity contribution in [2.45, 2.75) is 23.8 Å². The van der Waals surface area contributed by atoms with E-state index in [1.54, 1.807) is 67.8 Å². The van der Waals surface area contributed by atoms with Crippen LogP contribution in [-0.4, -0.2) is 27.4 Å². The highest BCUT2D eigenvalue weighted by Crippen LogP contribution is 2.26. The van der Waals surface area contributed by atoms with E-state index in [0.29, 0.717) is 16.0 Å². The zero-order chi connectivity index (χ0) is 17.7. The van der Waals surface area contributed by atoms with Gasteiger partial charge < -0.3 is 10.4 Å². The smallest absolute Gasteiger partial charge is 0.334 e. The number of carbonyl (C=O) groups excluding carboxylic acids is 1. The fraction of sp³-hybridized carbons (Fsp3) is 0.222. The molecule has 2 aromatic rings. The minimum atomic E-state index is -1.50. The molecule has 2 aromatic carbocycles. The first-order valence-corrected chi connectivity index (χ1v) is 9.01. The van der Waals surface area contributed by atoms with E-state index in [1.165, 1.54) is 0 Å². The van der Waals surface area contributed by atoms with Crippen molar-refractivity contribution in [3.63, 3.8) is 0 Å². The van der Waals surface area contributed by atoms with Crippen LogP contribution in [0, 0.1) is 0 Å². The summed E-state index contributed by atoms with van der Waals surface area (Å²) in [6, 6.07) is 14.9. The van der Waals surface area contributed by atoms with Crippen molar-refractivity contribution in [2.24, 2.45) is 0 Å². The number of hydrogen-bond donors (Lipinski definition) is 2. The van der Waals surface area contributed by atoms with E-state index in [-0.39, 0.29) is 6.42 Å². The second kappa shape index (κ2) is 7.40. The van der Waals surface area contributed by atoms with Crippen LogP contribution in [0.25, 0.3) is 0 Å². The van der Waals surface area contributed by atoms with Crippen LogP contribution >= 0.6 is 0 Å². The lowest BCUT2D eigenvalue weighted by atomic mass is 9.87. The second-order valence-corrected chi connectivity index (χ2v) is 6.74. The van der Waals surface area contributed by atoms with Crippen LogP contribution in [0.3, 0.4) is 0 Å². The third-order valence-electron chi connectivity index (χ3n) is 3.94. The van der Waals surface area contributed by atoms with Gasteiger partial charge in [0.05, 0.1) is 0 Å². The van der Waals surface area contributed by atoms with Crippen molar-refractivity contribution in [1.82, 2.24) is 5.32 Å². The highest BCUT2D eigenvalue weighted by Gasteiger charge is 2.40. The molecule has 2 rings (SSSR count). The summed E-state index contributed by atoms with van der Waals surface area (Å²) in [6.45, 7) is 1.71. The number of carbonyl (C=O) groups is 2. The Morgan fingerprint density at radius 1 is 1.08 bits per heavy atom. The molecule has 0 saturated carbocycles. The van der Waals surface area contributed by atoms with Gasteiger partial charge in [-0.05, 0) is 36.2 Å². The molecule has 0 saturated heterocycles. The van der Waals surface area contributed by atoms with Gasteiger partial charge in [-0.15, -0.1) is 0 Å². The van der Waals surface area contributed by atoms with Gasteiger partial charge in [0.25, 0.3) is 5.91 Å². The Morgan fingerprint density at radius 2 is 1.67 bits per heavy atom. The molecule has 0 bridgehead atoms. The normalized spacial score (nSPS) is 14.4. The number of rotatable bonds is 6. The first-order valence-electron chi connectivity index (χ1n) is 7.45. The quantitative estimate of drug-likeness (QED) is 0.843. The minimum absolute atomic E-state index is 0.204. The number of nitrogens with one attached hydrogen (secondary N) is 1. The molecule has 6 heteroatoms. The summed E-state index contributed by atoms with van der Waals surface area (Å²) in [5, 5.41) is 12.4. The predicted octanol–water partition coefficient (Wildman–Crippen LogP) is 2.54. The first kappa shape index (κ1) is 17.9. The zero-order valence-corrected chi connectivity index (χ0v) is 14.3. The fourth-order valence-electron chi connectivity index (χ4n) is 2.48. The molecule has 2 N–H and O–H groups in total. The first-order chi connectivity index (χ1) is 11.4. The Hall–Kier alpha value is -2.47. The number of carboxylic acid groups (broad SMARTS) is 1. The van der Waals surface area contributed by atoms with Gasteiger partial charge in [0, 0.05) is 27.5 Å². The molecule has 1 amide bonds. The number of hydrogen-bond acceptors (Lipinski definition) is 3. The number of amides is 1. The van der Waals surface area contributed by atoms with E-state index in [0.717, 1.165) is 0 Å². The molecule has 0 spiro atoms. The van der Waals surface area contributed by atoms with E-state index < -0.39 is 28.2 Å². The molecule has 0 fully saturated rings. The average Bonchev–Trinajstić information content (AvgIpc) is 2.60. The summed E-state index contributed by atoms with van der Waals surface area (Å²) >= 11 is 0. The van der Waals surface area contributed by atoms with Gasteiger partial charge >= 0.3 is 5.97 Å². The largest absolute Gasteiger partial charge is 0.479 e. The summed E-state index contributed by atoms with van der Waals surface area (Å²) in [4.78, 5) is 25.0. The second-order valence-electron chi connectivity index (χ2n) is 5.36. The van der Waals surface area contributed by atoms with Crippen molar-refractivity contribution in [3.8, 4) is 0 Å². The standard InChI is InChI=1S/C18H19NO4S/c1-3-18(17(21)22,14-7-5-4-6-8-14)19-16(20)13-9-11-15(12-10-13)24(2)23/h4-12H,3H2,1-2H3,(H,19,20)(H,21,22). The van der Waals surface area contributed by atoms with Crippen LogP contribution < -0.4 is 5.32 Å². The maximum Gasteiger partial charge on any atom is 0.334 e. The predicted molar refractivity (Wildman–Crippen MR) is 92.3 cm³/mol. The van der Waals surface area contributed by atoms with Gasteiger partial charge in [0.15, 0.2) is 5.54 Å². The molecule has 0 aliphatic heterocycles. The highest BCUT2D eigenvalue weighted by atomic mass is 32.2.